The number of hydrogen-bond acceptors (Lipinski definition) is 7. The topological polar surface area (TPSA) is 103 Å². The van der Waals surface area contributed by atoms with Gasteiger partial charge in [-0.25, -0.2) is 9.42 Å². The monoisotopic (exact) mass is 309 g/mol. The van der Waals surface area contributed by atoms with Crippen LogP contribution in [0.4, 0.5) is 0 Å². The van der Waals surface area contributed by atoms with Crippen LogP contribution in [0.5, 0.6) is 0 Å². The van der Waals surface area contributed by atoms with Gasteiger partial charge in [-0.15, -0.1) is 0 Å². The molecule has 1 aliphatic rings. The van der Waals surface area contributed by atoms with E-state index in [0.29, 0.717) is 16.1 Å². The van der Waals surface area contributed by atoms with E-state index < -0.39 is 17.8 Å². The summed E-state index contributed by atoms with van der Waals surface area (Å²) in [4.78, 5) is 41.4. The maximum Gasteiger partial charge on any atom is 0.364 e. The molecule has 0 aliphatic carbocycles. The van der Waals surface area contributed by atoms with Gasteiger partial charge in [-0.3, -0.25) is 9.59 Å². The van der Waals surface area contributed by atoms with E-state index in [1.807, 2.05) is 0 Å². The van der Waals surface area contributed by atoms with Crippen molar-refractivity contribution in [3.05, 3.63) is 59.2 Å². The van der Waals surface area contributed by atoms with E-state index in [9.17, 15) is 14.4 Å². The zero-order valence-corrected chi connectivity index (χ0v) is 11.4. The van der Waals surface area contributed by atoms with Crippen LogP contribution in [-0.4, -0.2) is 33.2 Å². The van der Waals surface area contributed by atoms with Crippen LogP contribution in [-0.2, 0) is 4.84 Å². The van der Waals surface area contributed by atoms with Gasteiger partial charge in [-0.1, -0.05) is 17.2 Å². The Hall–Kier alpha value is -3.55. The van der Waals surface area contributed by atoms with Crippen molar-refractivity contribution in [2.45, 2.75) is 0 Å². The van der Waals surface area contributed by atoms with E-state index in [4.69, 9.17) is 4.84 Å². The van der Waals surface area contributed by atoms with Crippen LogP contribution in [0.2, 0.25) is 0 Å². The Morgan fingerprint density at radius 2 is 1.61 bits per heavy atom. The largest absolute Gasteiger partial charge is 0.364 e. The molecule has 8 heteroatoms. The SMILES string of the molecule is O=C(ON1C(=O)c2ccccc2C1=O)c1ccc2nonc2c1. The molecule has 0 bridgehead atoms. The molecule has 0 fully saturated rings. The van der Waals surface area contributed by atoms with Crippen molar-refractivity contribution in [1.82, 2.24) is 15.4 Å². The fraction of sp³-hybridized carbons (Fsp3) is 0. The number of nitrogens with zero attached hydrogens (tertiary/aromatic N) is 3. The number of carbonyl (C=O) groups is 3. The van der Waals surface area contributed by atoms with Crippen molar-refractivity contribution in [3.63, 3.8) is 0 Å². The zero-order chi connectivity index (χ0) is 16.0. The van der Waals surface area contributed by atoms with Crippen LogP contribution in [0.1, 0.15) is 31.1 Å². The summed E-state index contributed by atoms with van der Waals surface area (Å²) >= 11 is 0. The lowest BCUT2D eigenvalue weighted by Crippen LogP contribution is -2.32. The first-order chi connectivity index (χ1) is 11.1. The molecule has 1 aliphatic heterocycles. The fourth-order valence-corrected chi connectivity index (χ4v) is 2.29. The number of amides is 2. The number of fused-ring (bicyclic) bond motifs is 2. The van der Waals surface area contributed by atoms with Crippen molar-refractivity contribution in [2.24, 2.45) is 0 Å². The van der Waals surface area contributed by atoms with Crippen LogP contribution in [0, 0.1) is 0 Å². The molecular formula is C15H7N3O5. The van der Waals surface area contributed by atoms with Gasteiger partial charge in [0.15, 0.2) is 0 Å². The van der Waals surface area contributed by atoms with E-state index in [0.717, 1.165) is 0 Å². The summed E-state index contributed by atoms with van der Waals surface area (Å²) in [5, 5.41) is 7.69. The number of carbonyl (C=O) groups excluding carboxylic acids is 3. The first kappa shape index (κ1) is 13.1. The predicted molar refractivity (Wildman–Crippen MR) is 74.2 cm³/mol. The van der Waals surface area contributed by atoms with E-state index in [2.05, 4.69) is 14.9 Å². The minimum Gasteiger partial charge on any atom is -0.324 e. The van der Waals surface area contributed by atoms with E-state index in [1.54, 1.807) is 12.1 Å². The second-order valence-electron chi connectivity index (χ2n) is 4.80. The number of imide groups is 1. The quantitative estimate of drug-likeness (QED) is 0.662. The molecule has 0 spiro atoms. The van der Waals surface area contributed by atoms with Crippen molar-refractivity contribution >= 4 is 28.8 Å². The molecule has 8 nitrogen and oxygen atoms in total. The lowest BCUT2D eigenvalue weighted by molar-refractivity contribution is -0.0584. The molecule has 23 heavy (non-hydrogen) atoms. The highest BCUT2D eigenvalue weighted by molar-refractivity contribution is 6.21. The molecule has 0 radical (unpaired) electrons. The maximum absolute atomic E-state index is 12.2. The molecule has 0 unspecified atom stereocenters. The van der Waals surface area contributed by atoms with Crippen molar-refractivity contribution in [1.29, 1.82) is 0 Å². The summed E-state index contributed by atoms with van der Waals surface area (Å²) in [6.45, 7) is 0. The van der Waals surface area contributed by atoms with Crippen LogP contribution in [0.3, 0.4) is 0 Å². The smallest absolute Gasteiger partial charge is 0.324 e. The Labute approximate surface area is 128 Å². The lowest BCUT2D eigenvalue weighted by Gasteiger charge is -2.12. The van der Waals surface area contributed by atoms with Gasteiger partial charge in [0.1, 0.15) is 11.0 Å². The standard InChI is InChI=1S/C15H7N3O5/c19-13-9-3-1-2-4-10(9)14(20)18(13)22-15(21)8-5-6-11-12(7-8)17-23-16-11/h1-7H. The Bertz CT molecular complexity index is 943. The highest BCUT2D eigenvalue weighted by Gasteiger charge is 2.38. The number of hydroxylamine groups is 2. The van der Waals surface area contributed by atoms with Crippen molar-refractivity contribution < 1.29 is 23.9 Å². The van der Waals surface area contributed by atoms with Gasteiger partial charge in [0, 0.05) is 0 Å². The minimum absolute atomic E-state index is 0.116. The Balaban J connectivity index is 1.62. The third-order valence-electron chi connectivity index (χ3n) is 3.42. The van der Waals surface area contributed by atoms with Gasteiger partial charge in [0.05, 0.1) is 16.7 Å². The predicted octanol–water partition coefficient (Wildman–Crippen LogP) is 1.59. The summed E-state index contributed by atoms with van der Waals surface area (Å²) in [5.41, 5.74) is 1.34. The first-order valence-corrected chi connectivity index (χ1v) is 6.57. The van der Waals surface area contributed by atoms with Crippen LogP contribution in [0.15, 0.2) is 47.1 Å². The summed E-state index contributed by atoms with van der Waals surface area (Å²) < 4.78 is 4.54. The summed E-state index contributed by atoms with van der Waals surface area (Å²) in [7, 11) is 0. The Morgan fingerprint density at radius 3 is 2.30 bits per heavy atom. The number of aromatic nitrogens is 2. The number of hydrogen-bond donors (Lipinski definition) is 0. The minimum atomic E-state index is -0.857. The van der Waals surface area contributed by atoms with Gasteiger partial charge in [-0.05, 0) is 40.6 Å². The molecule has 0 saturated carbocycles. The number of rotatable bonds is 2. The van der Waals surface area contributed by atoms with E-state index in [1.165, 1.54) is 30.3 Å². The van der Waals surface area contributed by atoms with Gasteiger partial charge in [-0.2, -0.15) is 0 Å². The van der Waals surface area contributed by atoms with Gasteiger partial charge >= 0.3 is 5.97 Å². The Kier molecular flexibility index (Phi) is 2.70. The van der Waals surface area contributed by atoms with Crippen LogP contribution >= 0.6 is 0 Å². The average Bonchev–Trinajstić information content (AvgIpc) is 3.13. The second-order valence-corrected chi connectivity index (χ2v) is 4.80. The third kappa shape index (κ3) is 1.96. The lowest BCUT2D eigenvalue weighted by atomic mass is 10.1. The van der Waals surface area contributed by atoms with Crippen molar-refractivity contribution in [2.75, 3.05) is 0 Å². The molecule has 2 heterocycles. The highest BCUT2D eigenvalue weighted by atomic mass is 16.7. The summed E-state index contributed by atoms with van der Waals surface area (Å²) in [6.07, 6.45) is 0. The first-order valence-electron chi connectivity index (χ1n) is 6.57. The molecule has 0 atom stereocenters. The normalized spacial score (nSPS) is 13.5. The maximum atomic E-state index is 12.2. The molecule has 4 rings (SSSR count). The third-order valence-corrected chi connectivity index (χ3v) is 3.42. The molecule has 2 amide bonds. The molecule has 3 aromatic rings. The average molecular weight is 309 g/mol. The highest BCUT2D eigenvalue weighted by Crippen LogP contribution is 2.23. The molecule has 112 valence electrons. The van der Waals surface area contributed by atoms with E-state index >= 15 is 0 Å². The molecule has 1 aromatic heterocycles. The Morgan fingerprint density at radius 1 is 0.957 bits per heavy atom. The molecule has 2 aromatic carbocycles. The summed E-state index contributed by atoms with van der Waals surface area (Å²) in [6, 6.07) is 10.6. The fourth-order valence-electron chi connectivity index (χ4n) is 2.29. The molecule has 0 saturated heterocycles. The van der Waals surface area contributed by atoms with Gasteiger partial charge in [0.25, 0.3) is 11.8 Å². The van der Waals surface area contributed by atoms with E-state index in [-0.39, 0.29) is 16.7 Å². The van der Waals surface area contributed by atoms with Gasteiger partial charge in [0.2, 0.25) is 0 Å². The second kappa shape index (κ2) is 4.73. The summed E-state index contributed by atoms with van der Waals surface area (Å²) in [5.74, 6) is -2.21. The number of benzene rings is 2. The van der Waals surface area contributed by atoms with Gasteiger partial charge < -0.3 is 4.84 Å². The molecular weight excluding hydrogens is 302 g/mol. The van der Waals surface area contributed by atoms with Crippen LogP contribution < -0.4 is 0 Å². The van der Waals surface area contributed by atoms with Crippen LogP contribution in [0.25, 0.3) is 11.0 Å². The molecule has 0 N–H and O–H groups in total. The van der Waals surface area contributed by atoms with Crippen molar-refractivity contribution in [3.8, 4) is 0 Å². The zero-order valence-electron chi connectivity index (χ0n) is 11.4.